The molecule has 0 amide bonds. The van der Waals surface area contributed by atoms with Crippen molar-refractivity contribution in [3.8, 4) is 0 Å². The van der Waals surface area contributed by atoms with Crippen LogP contribution in [0.3, 0.4) is 0 Å². The number of unbranched alkanes of at least 4 members (excludes halogenated alkanes) is 9. The van der Waals surface area contributed by atoms with E-state index in [-0.39, 0.29) is 48.5 Å². The van der Waals surface area contributed by atoms with Gasteiger partial charge in [-0.15, -0.1) is 0 Å². The van der Waals surface area contributed by atoms with Crippen molar-refractivity contribution in [2.45, 2.75) is 71.1 Å². The molecule has 5 heteroatoms. The first kappa shape index (κ1) is 26.6. The molecule has 0 aromatic heterocycles. The quantitative estimate of drug-likeness (QED) is 0.202. The average molecular weight is 330 g/mol. The zero-order chi connectivity index (χ0) is 14.6. The second kappa shape index (κ2) is 17.1. The molecule has 0 unspecified atom stereocenters. The number of carbonyl (C=O) groups is 1. The summed E-state index contributed by atoms with van der Waals surface area (Å²) in [6, 6.07) is 0. The van der Waals surface area contributed by atoms with Crippen LogP contribution in [-0.4, -0.2) is 37.6 Å². The number of quaternary nitrogens is 1. The van der Waals surface area contributed by atoms with Crippen LogP contribution >= 0.6 is 0 Å². The standard InChI is InChI=1S/C16H33NO2.ClH.Na/c1-4-5-6-7-8-9-10-11-12-13-14-17(2,3)15-16(18)19;;/h4-15H2,1-3H3;1H;/q;;+1/p-1. The van der Waals surface area contributed by atoms with Crippen LogP contribution in [0.5, 0.6) is 0 Å². The molecule has 0 aliphatic carbocycles. The number of aliphatic carboxylic acids is 1. The third-order valence-electron chi connectivity index (χ3n) is 3.67. The van der Waals surface area contributed by atoms with E-state index in [2.05, 4.69) is 6.92 Å². The average Bonchev–Trinajstić information content (AvgIpc) is 2.30. The summed E-state index contributed by atoms with van der Waals surface area (Å²) in [6.07, 6.45) is 13.2. The summed E-state index contributed by atoms with van der Waals surface area (Å²) in [7, 11) is 3.92. The van der Waals surface area contributed by atoms with Gasteiger partial charge in [0.25, 0.3) is 0 Å². The van der Waals surface area contributed by atoms with Crippen LogP contribution < -0.4 is 47.1 Å². The van der Waals surface area contributed by atoms with Crippen LogP contribution in [0, 0.1) is 0 Å². The SMILES string of the molecule is CCCCCCCCCCCC[N+](C)(C)CC(=O)[O-].[Cl-].[Na+]. The molecule has 0 atom stereocenters. The minimum Gasteiger partial charge on any atom is -1.00 e. The van der Waals surface area contributed by atoms with Crippen molar-refractivity contribution in [3.63, 3.8) is 0 Å². The first-order valence-corrected chi connectivity index (χ1v) is 8.00. The molecular formula is C16H33ClNNaO2. The Morgan fingerprint density at radius 1 is 0.857 bits per heavy atom. The number of halogens is 1. The molecule has 0 aromatic rings. The summed E-state index contributed by atoms with van der Waals surface area (Å²) in [5, 5.41) is 10.6. The van der Waals surface area contributed by atoms with E-state index >= 15 is 0 Å². The van der Waals surface area contributed by atoms with E-state index in [0.717, 1.165) is 13.0 Å². The molecular weight excluding hydrogens is 297 g/mol. The first-order valence-electron chi connectivity index (χ1n) is 8.00. The fourth-order valence-corrected chi connectivity index (χ4v) is 2.46. The van der Waals surface area contributed by atoms with Gasteiger partial charge in [-0.1, -0.05) is 58.3 Å². The van der Waals surface area contributed by atoms with Crippen LogP contribution in [-0.2, 0) is 4.79 Å². The van der Waals surface area contributed by atoms with E-state index in [0.29, 0.717) is 4.48 Å². The van der Waals surface area contributed by atoms with Crippen LogP contribution in [0.25, 0.3) is 0 Å². The van der Waals surface area contributed by atoms with Crippen molar-refractivity contribution >= 4 is 5.97 Å². The minimum atomic E-state index is -0.947. The summed E-state index contributed by atoms with van der Waals surface area (Å²) in [6.45, 7) is 3.31. The van der Waals surface area contributed by atoms with Gasteiger partial charge in [-0.05, 0) is 12.8 Å². The molecule has 0 bridgehead atoms. The van der Waals surface area contributed by atoms with E-state index in [9.17, 15) is 9.90 Å². The van der Waals surface area contributed by atoms with Gasteiger partial charge in [0, 0.05) is 0 Å². The molecule has 0 rings (SSSR count). The van der Waals surface area contributed by atoms with E-state index < -0.39 is 5.97 Å². The van der Waals surface area contributed by atoms with Gasteiger partial charge in [0.05, 0.1) is 26.6 Å². The van der Waals surface area contributed by atoms with Gasteiger partial charge in [-0.2, -0.15) is 0 Å². The van der Waals surface area contributed by atoms with Crippen LogP contribution in [0.4, 0.5) is 0 Å². The minimum absolute atomic E-state index is 0. The zero-order valence-corrected chi connectivity index (χ0v) is 17.4. The number of hydrogen-bond acceptors (Lipinski definition) is 2. The number of carboxylic acids is 1. The van der Waals surface area contributed by atoms with Crippen molar-refractivity contribution in [2.75, 3.05) is 27.2 Å². The second-order valence-electron chi connectivity index (χ2n) is 6.37. The molecule has 0 saturated carbocycles. The van der Waals surface area contributed by atoms with Gasteiger partial charge in [-0.3, -0.25) is 0 Å². The van der Waals surface area contributed by atoms with Gasteiger partial charge in [-0.25, -0.2) is 0 Å². The second-order valence-corrected chi connectivity index (χ2v) is 6.37. The molecule has 0 spiro atoms. The van der Waals surface area contributed by atoms with Crippen molar-refractivity contribution in [3.05, 3.63) is 0 Å². The van der Waals surface area contributed by atoms with Crippen molar-refractivity contribution in [2.24, 2.45) is 0 Å². The van der Waals surface area contributed by atoms with Crippen LogP contribution in [0.15, 0.2) is 0 Å². The number of nitrogens with zero attached hydrogens (tertiary/aromatic N) is 1. The number of likely N-dealkylation sites (N-methyl/N-ethyl adjacent to an activating group) is 1. The van der Waals surface area contributed by atoms with E-state index in [1.165, 1.54) is 57.8 Å². The van der Waals surface area contributed by atoms with E-state index in [4.69, 9.17) is 0 Å². The van der Waals surface area contributed by atoms with Gasteiger partial charge in [0.1, 0.15) is 6.54 Å². The Bertz CT molecular complexity index is 238. The zero-order valence-electron chi connectivity index (χ0n) is 14.6. The predicted molar refractivity (Wildman–Crippen MR) is 78.7 cm³/mol. The number of carbonyl (C=O) groups excluding carboxylic acids is 1. The fraction of sp³-hybridized carbons (Fsp3) is 0.938. The number of carboxylic acid groups (broad SMARTS) is 1. The molecule has 0 radical (unpaired) electrons. The monoisotopic (exact) mass is 329 g/mol. The maximum absolute atomic E-state index is 10.6. The van der Waals surface area contributed by atoms with Crippen LogP contribution in [0.1, 0.15) is 71.1 Å². The molecule has 0 aliphatic heterocycles. The molecule has 0 N–H and O–H groups in total. The molecule has 0 fully saturated rings. The Morgan fingerprint density at radius 2 is 1.24 bits per heavy atom. The molecule has 0 aromatic carbocycles. The largest absolute Gasteiger partial charge is 1.00 e. The molecule has 3 nitrogen and oxygen atoms in total. The number of rotatable bonds is 13. The summed E-state index contributed by atoms with van der Waals surface area (Å²) >= 11 is 0. The van der Waals surface area contributed by atoms with Crippen molar-refractivity contribution < 1.29 is 56.3 Å². The Hall–Kier alpha value is 0.720. The van der Waals surface area contributed by atoms with Gasteiger partial charge in [0.2, 0.25) is 0 Å². The summed E-state index contributed by atoms with van der Waals surface area (Å²) in [5.74, 6) is -0.947. The topological polar surface area (TPSA) is 40.1 Å². The first-order chi connectivity index (χ1) is 8.98. The van der Waals surface area contributed by atoms with Crippen LogP contribution in [0.2, 0.25) is 0 Å². The Kier molecular flexibility index (Phi) is 21.6. The van der Waals surface area contributed by atoms with Gasteiger partial charge >= 0.3 is 29.6 Å². The Morgan fingerprint density at radius 3 is 1.62 bits per heavy atom. The third kappa shape index (κ3) is 20.7. The Labute approximate surface area is 160 Å². The maximum Gasteiger partial charge on any atom is 1.00 e. The summed E-state index contributed by atoms with van der Waals surface area (Å²) in [5.41, 5.74) is 0. The molecule has 21 heavy (non-hydrogen) atoms. The summed E-state index contributed by atoms with van der Waals surface area (Å²) < 4.78 is 0.541. The van der Waals surface area contributed by atoms with Gasteiger partial charge in [0.15, 0.2) is 0 Å². The third-order valence-corrected chi connectivity index (χ3v) is 3.67. The number of hydrogen-bond donors (Lipinski definition) is 0. The summed E-state index contributed by atoms with van der Waals surface area (Å²) in [4.78, 5) is 10.6. The van der Waals surface area contributed by atoms with Gasteiger partial charge < -0.3 is 26.8 Å². The smallest absolute Gasteiger partial charge is 1.00 e. The molecule has 0 saturated heterocycles. The predicted octanol–water partition coefficient (Wildman–Crippen LogP) is -3.26. The van der Waals surface area contributed by atoms with E-state index in [1.807, 2.05) is 14.1 Å². The molecule has 0 aliphatic rings. The van der Waals surface area contributed by atoms with Crippen molar-refractivity contribution in [1.82, 2.24) is 0 Å². The normalized spacial score (nSPS) is 10.6. The Balaban J connectivity index is -0.00000162. The fourth-order valence-electron chi connectivity index (χ4n) is 2.46. The molecule has 0 heterocycles. The maximum atomic E-state index is 10.6. The van der Waals surface area contributed by atoms with Crippen molar-refractivity contribution in [1.29, 1.82) is 0 Å². The molecule has 122 valence electrons. The van der Waals surface area contributed by atoms with E-state index in [1.54, 1.807) is 0 Å².